The monoisotopic (exact) mass is 252 g/mol. The van der Waals surface area contributed by atoms with Crippen LogP contribution >= 0.6 is 0 Å². The average Bonchev–Trinajstić information content (AvgIpc) is 2.36. The van der Waals surface area contributed by atoms with Crippen LogP contribution in [0.4, 0.5) is 10.1 Å². The normalized spacial score (nSPS) is 12.7. The van der Waals surface area contributed by atoms with E-state index >= 15 is 0 Å². The molecule has 0 amide bonds. The molecule has 0 aliphatic heterocycles. The lowest BCUT2D eigenvalue weighted by atomic mass is 10.1. The molecular formula is C15H25FN2. The van der Waals surface area contributed by atoms with E-state index in [9.17, 15) is 4.39 Å². The van der Waals surface area contributed by atoms with Crippen LogP contribution in [-0.2, 0) is 6.42 Å². The molecule has 0 saturated carbocycles. The lowest BCUT2D eigenvalue weighted by molar-refractivity contribution is 0.301. The van der Waals surface area contributed by atoms with E-state index in [1.165, 1.54) is 11.3 Å². The Morgan fingerprint density at radius 3 is 2.72 bits per heavy atom. The summed E-state index contributed by atoms with van der Waals surface area (Å²) in [5.74, 6) is 0. The number of nitrogens with one attached hydrogen (secondary N) is 1. The summed E-state index contributed by atoms with van der Waals surface area (Å²) >= 11 is 0. The van der Waals surface area contributed by atoms with Crippen LogP contribution in [0.5, 0.6) is 0 Å². The molecule has 0 radical (unpaired) electrons. The summed E-state index contributed by atoms with van der Waals surface area (Å²) in [6.45, 7) is 5.84. The van der Waals surface area contributed by atoms with Gasteiger partial charge in [0.05, 0.1) is 6.67 Å². The molecular weight excluding hydrogens is 227 g/mol. The molecule has 1 atom stereocenters. The van der Waals surface area contributed by atoms with Gasteiger partial charge < -0.3 is 10.2 Å². The van der Waals surface area contributed by atoms with Gasteiger partial charge in [-0.3, -0.25) is 4.39 Å². The number of para-hydroxylation sites is 1. The number of rotatable bonds is 8. The molecule has 1 rings (SSSR count). The van der Waals surface area contributed by atoms with E-state index < -0.39 is 0 Å². The van der Waals surface area contributed by atoms with Crippen LogP contribution in [0.25, 0.3) is 0 Å². The molecule has 0 aliphatic rings. The fourth-order valence-corrected chi connectivity index (χ4v) is 2.17. The maximum Gasteiger partial charge on any atom is 0.0906 e. The maximum atomic E-state index is 12.1. The van der Waals surface area contributed by atoms with Gasteiger partial charge in [0.25, 0.3) is 0 Å². The number of hydrogen-bond acceptors (Lipinski definition) is 2. The van der Waals surface area contributed by atoms with Crippen molar-refractivity contribution in [2.24, 2.45) is 0 Å². The Morgan fingerprint density at radius 2 is 2.06 bits per heavy atom. The van der Waals surface area contributed by atoms with Gasteiger partial charge in [-0.1, -0.05) is 25.1 Å². The second-order valence-corrected chi connectivity index (χ2v) is 4.86. The summed E-state index contributed by atoms with van der Waals surface area (Å²) in [5.41, 5.74) is 2.56. The van der Waals surface area contributed by atoms with Crippen LogP contribution in [-0.4, -0.2) is 37.8 Å². The first-order valence-corrected chi connectivity index (χ1v) is 6.76. The van der Waals surface area contributed by atoms with Crippen LogP contribution in [0.3, 0.4) is 0 Å². The highest BCUT2D eigenvalue weighted by molar-refractivity contribution is 5.51. The third-order valence-corrected chi connectivity index (χ3v) is 3.06. The number of aryl methyl sites for hydroxylation is 1. The minimum absolute atomic E-state index is 0.231. The molecule has 0 bridgehead atoms. The summed E-state index contributed by atoms with van der Waals surface area (Å²) in [5, 5.41) is 3.53. The van der Waals surface area contributed by atoms with Gasteiger partial charge in [-0.2, -0.15) is 0 Å². The van der Waals surface area contributed by atoms with Crippen molar-refractivity contribution in [1.82, 2.24) is 4.90 Å². The second kappa shape index (κ2) is 8.09. The standard InChI is InChI=1S/C15H25FN2/c1-4-14-8-5-6-9-15(14)17-13(2)12-18(3)11-7-10-16/h5-6,8-9,13,17H,4,7,10-12H2,1-3H3. The van der Waals surface area contributed by atoms with Crippen LogP contribution in [0, 0.1) is 0 Å². The number of alkyl halides is 1. The van der Waals surface area contributed by atoms with Gasteiger partial charge in [-0.15, -0.1) is 0 Å². The zero-order valence-corrected chi connectivity index (χ0v) is 11.7. The molecule has 0 fully saturated rings. The summed E-state index contributed by atoms with van der Waals surface area (Å²) in [6.07, 6.45) is 1.66. The van der Waals surface area contributed by atoms with Crippen molar-refractivity contribution in [3.63, 3.8) is 0 Å². The van der Waals surface area contributed by atoms with Gasteiger partial charge in [0.15, 0.2) is 0 Å². The van der Waals surface area contributed by atoms with Crippen molar-refractivity contribution in [2.75, 3.05) is 32.1 Å². The molecule has 1 N–H and O–H groups in total. The number of benzene rings is 1. The number of likely N-dealkylation sites (N-methyl/N-ethyl adjacent to an activating group) is 1. The Morgan fingerprint density at radius 1 is 1.33 bits per heavy atom. The zero-order chi connectivity index (χ0) is 13.4. The molecule has 0 spiro atoms. The number of anilines is 1. The van der Waals surface area contributed by atoms with Crippen molar-refractivity contribution in [3.05, 3.63) is 29.8 Å². The van der Waals surface area contributed by atoms with Crippen molar-refractivity contribution >= 4 is 5.69 Å². The lowest BCUT2D eigenvalue weighted by Crippen LogP contribution is -2.33. The fraction of sp³-hybridized carbons (Fsp3) is 0.600. The van der Waals surface area contributed by atoms with E-state index in [0.717, 1.165) is 19.5 Å². The Bertz CT molecular complexity index is 341. The molecule has 0 aliphatic carbocycles. The van der Waals surface area contributed by atoms with Crippen LogP contribution in [0.15, 0.2) is 24.3 Å². The smallest absolute Gasteiger partial charge is 0.0906 e. The van der Waals surface area contributed by atoms with Crippen LogP contribution in [0.1, 0.15) is 25.8 Å². The Hall–Kier alpha value is -1.09. The molecule has 0 saturated heterocycles. The summed E-state index contributed by atoms with van der Waals surface area (Å²) < 4.78 is 12.1. The first-order valence-electron chi connectivity index (χ1n) is 6.76. The quantitative estimate of drug-likeness (QED) is 0.763. The topological polar surface area (TPSA) is 15.3 Å². The Balaban J connectivity index is 2.46. The fourth-order valence-electron chi connectivity index (χ4n) is 2.17. The number of halogens is 1. The summed E-state index contributed by atoms with van der Waals surface area (Å²) in [7, 11) is 2.04. The highest BCUT2D eigenvalue weighted by atomic mass is 19.1. The molecule has 0 aromatic heterocycles. The number of nitrogens with zero attached hydrogens (tertiary/aromatic N) is 1. The van der Waals surface area contributed by atoms with E-state index in [0.29, 0.717) is 12.5 Å². The largest absolute Gasteiger partial charge is 0.381 e. The molecule has 1 aromatic carbocycles. The van der Waals surface area contributed by atoms with E-state index in [1.54, 1.807) is 0 Å². The van der Waals surface area contributed by atoms with Crippen LogP contribution in [0.2, 0.25) is 0 Å². The molecule has 102 valence electrons. The SMILES string of the molecule is CCc1ccccc1NC(C)CN(C)CCCF. The van der Waals surface area contributed by atoms with E-state index in [1.807, 2.05) is 7.05 Å². The molecule has 1 aromatic rings. The maximum absolute atomic E-state index is 12.1. The minimum Gasteiger partial charge on any atom is -0.381 e. The van der Waals surface area contributed by atoms with E-state index in [-0.39, 0.29) is 6.67 Å². The van der Waals surface area contributed by atoms with Gasteiger partial charge in [-0.05, 0) is 38.4 Å². The van der Waals surface area contributed by atoms with Gasteiger partial charge in [0, 0.05) is 24.8 Å². The van der Waals surface area contributed by atoms with E-state index in [4.69, 9.17) is 0 Å². The highest BCUT2D eigenvalue weighted by Gasteiger charge is 2.07. The third-order valence-electron chi connectivity index (χ3n) is 3.06. The summed E-state index contributed by atoms with van der Waals surface area (Å²) in [4.78, 5) is 2.17. The van der Waals surface area contributed by atoms with E-state index in [2.05, 4.69) is 48.3 Å². The summed E-state index contributed by atoms with van der Waals surface area (Å²) in [6, 6.07) is 8.77. The van der Waals surface area contributed by atoms with Gasteiger partial charge in [-0.25, -0.2) is 0 Å². The predicted molar refractivity (Wildman–Crippen MR) is 77.0 cm³/mol. The van der Waals surface area contributed by atoms with Crippen molar-refractivity contribution in [2.45, 2.75) is 32.7 Å². The first kappa shape index (κ1) is 15.0. The van der Waals surface area contributed by atoms with Crippen molar-refractivity contribution < 1.29 is 4.39 Å². The van der Waals surface area contributed by atoms with Gasteiger partial charge in [0.1, 0.15) is 0 Å². The first-order chi connectivity index (χ1) is 8.67. The average molecular weight is 252 g/mol. The third kappa shape index (κ3) is 5.05. The van der Waals surface area contributed by atoms with Crippen molar-refractivity contribution in [3.8, 4) is 0 Å². The predicted octanol–water partition coefficient (Wildman–Crippen LogP) is 3.34. The Labute approximate surface area is 110 Å². The molecule has 2 nitrogen and oxygen atoms in total. The molecule has 1 unspecified atom stereocenters. The molecule has 18 heavy (non-hydrogen) atoms. The molecule has 0 heterocycles. The molecule has 3 heteroatoms. The van der Waals surface area contributed by atoms with Crippen molar-refractivity contribution in [1.29, 1.82) is 0 Å². The van der Waals surface area contributed by atoms with Crippen LogP contribution < -0.4 is 5.32 Å². The second-order valence-electron chi connectivity index (χ2n) is 4.86. The minimum atomic E-state index is -0.231. The lowest BCUT2D eigenvalue weighted by Gasteiger charge is -2.23. The zero-order valence-electron chi connectivity index (χ0n) is 11.7. The Kier molecular flexibility index (Phi) is 6.73. The highest BCUT2D eigenvalue weighted by Crippen LogP contribution is 2.16. The van der Waals surface area contributed by atoms with Gasteiger partial charge in [0.2, 0.25) is 0 Å². The van der Waals surface area contributed by atoms with Gasteiger partial charge >= 0.3 is 0 Å². The number of hydrogen-bond donors (Lipinski definition) is 1.